The minimum atomic E-state index is -1.08. The summed E-state index contributed by atoms with van der Waals surface area (Å²) in [5.41, 5.74) is 2.43. The molecule has 36 heavy (non-hydrogen) atoms. The van der Waals surface area contributed by atoms with Gasteiger partial charge in [-0.2, -0.15) is 0 Å². The number of fused-ring (bicyclic) bond motifs is 1. The van der Waals surface area contributed by atoms with Gasteiger partial charge < -0.3 is 19.7 Å². The van der Waals surface area contributed by atoms with E-state index in [2.05, 4.69) is 10.3 Å². The molecule has 1 unspecified atom stereocenters. The maximum absolute atomic E-state index is 13.8. The summed E-state index contributed by atoms with van der Waals surface area (Å²) in [6, 6.07) is 17.6. The molecule has 1 fully saturated rings. The number of amides is 3. The van der Waals surface area contributed by atoms with Crippen molar-refractivity contribution in [2.45, 2.75) is 57.9 Å². The van der Waals surface area contributed by atoms with Crippen LogP contribution in [0.25, 0.3) is 0 Å². The number of carbonyl (C=O) groups excluding carboxylic acids is 3. The van der Waals surface area contributed by atoms with Crippen LogP contribution in [0.15, 0.2) is 60.9 Å². The van der Waals surface area contributed by atoms with E-state index in [1.165, 1.54) is 6.33 Å². The monoisotopic (exact) mass is 485 g/mol. The molecule has 1 aromatic heterocycles. The minimum Gasteiger partial charge on any atom is -0.350 e. The van der Waals surface area contributed by atoms with Crippen LogP contribution in [-0.4, -0.2) is 55.7 Å². The molecule has 1 saturated carbocycles. The quantitative estimate of drug-likeness (QED) is 0.557. The Balaban J connectivity index is 1.39. The van der Waals surface area contributed by atoms with Gasteiger partial charge in [-0.15, -0.1) is 0 Å². The second-order valence-electron chi connectivity index (χ2n) is 10.1. The Labute approximate surface area is 210 Å². The summed E-state index contributed by atoms with van der Waals surface area (Å²) in [7, 11) is 1.70. The normalized spacial score (nSPS) is 19.1. The fourth-order valence-electron chi connectivity index (χ4n) is 5.02. The number of nitrogens with one attached hydrogen (secondary N) is 1. The van der Waals surface area contributed by atoms with Crippen LogP contribution in [0.2, 0.25) is 0 Å². The maximum atomic E-state index is 13.8. The zero-order valence-corrected chi connectivity index (χ0v) is 20.9. The molecule has 1 N–H and O–H groups in total. The summed E-state index contributed by atoms with van der Waals surface area (Å²) in [6.45, 7) is 4.85. The molecule has 3 amide bonds. The molecule has 8 heteroatoms. The van der Waals surface area contributed by atoms with Gasteiger partial charge in [-0.05, 0) is 37.8 Å². The highest BCUT2D eigenvalue weighted by atomic mass is 16.2. The summed E-state index contributed by atoms with van der Waals surface area (Å²) >= 11 is 0. The number of benzene rings is 2. The molecule has 1 aliphatic heterocycles. The first-order valence-electron chi connectivity index (χ1n) is 12.3. The lowest BCUT2D eigenvalue weighted by atomic mass is 9.93. The first kappa shape index (κ1) is 23.8. The SMILES string of the molecule is Cc1cccc(CNC(=O)C2(C)Cn3cnc(C(=O)N(C)Cc4ccccc4)c3C(=O)N2C2CC2)c1. The largest absolute Gasteiger partial charge is 0.350 e. The van der Waals surface area contributed by atoms with Gasteiger partial charge in [-0.1, -0.05) is 60.2 Å². The molecule has 2 aromatic carbocycles. The van der Waals surface area contributed by atoms with E-state index < -0.39 is 5.54 Å². The third-order valence-corrected chi connectivity index (χ3v) is 7.02. The number of hydrogen-bond acceptors (Lipinski definition) is 4. The van der Waals surface area contributed by atoms with E-state index in [0.717, 1.165) is 29.5 Å². The molecule has 2 heterocycles. The number of imidazole rings is 1. The van der Waals surface area contributed by atoms with Crippen molar-refractivity contribution in [2.75, 3.05) is 7.05 Å². The second kappa shape index (κ2) is 9.26. The molecule has 0 saturated heterocycles. The predicted molar refractivity (Wildman–Crippen MR) is 135 cm³/mol. The molecule has 0 radical (unpaired) electrons. The summed E-state index contributed by atoms with van der Waals surface area (Å²) in [6.07, 6.45) is 3.20. The fourth-order valence-corrected chi connectivity index (χ4v) is 5.02. The minimum absolute atomic E-state index is 0.0131. The van der Waals surface area contributed by atoms with Crippen molar-refractivity contribution < 1.29 is 14.4 Å². The number of hydrogen-bond donors (Lipinski definition) is 1. The summed E-state index contributed by atoms with van der Waals surface area (Å²) in [5, 5.41) is 3.03. The molecule has 2 aliphatic rings. The molecular weight excluding hydrogens is 454 g/mol. The van der Waals surface area contributed by atoms with Gasteiger partial charge in [0.1, 0.15) is 11.2 Å². The van der Waals surface area contributed by atoms with E-state index in [0.29, 0.717) is 13.1 Å². The highest BCUT2D eigenvalue weighted by Crippen LogP contribution is 2.39. The first-order chi connectivity index (χ1) is 17.3. The maximum Gasteiger partial charge on any atom is 0.274 e. The van der Waals surface area contributed by atoms with Crippen molar-refractivity contribution in [3.63, 3.8) is 0 Å². The lowest BCUT2D eigenvalue weighted by molar-refractivity contribution is -0.133. The first-order valence-corrected chi connectivity index (χ1v) is 12.3. The van der Waals surface area contributed by atoms with Crippen LogP contribution in [0, 0.1) is 6.92 Å². The number of nitrogens with zero attached hydrogens (tertiary/aromatic N) is 4. The fraction of sp³-hybridized carbons (Fsp3) is 0.357. The average Bonchev–Trinajstić information content (AvgIpc) is 3.60. The van der Waals surface area contributed by atoms with Crippen LogP contribution in [0.1, 0.15) is 57.4 Å². The van der Waals surface area contributed by atoms with E-state index >= 15 is 0 Å². The van der Waals surface area contributed by atoms with Gasteiger partial charge in [0, 0.05) is 26.2 Å². The number of rotatable bonds is 7. The number of carbonyl (C=O) groups is 3. The Morgan fingerprint density at radius 2 is 1.83 bits per heavy atom. The van der Waals surface area contributed by atoms with Gasteiger partial charge >= 0.3 is 0 Å². The Kier molecular flexibility index (Phi) is 6.12. The van der Waals surface area contributed by atoms with Gasteiger partial charge in [-0.25, -0.2) is 4.98 Å². The van der Waals surface area contributed by atoms with E-state index in [1.807, 2.05) is 61.5 Å². The van der Waals surface area contributed by atoms with Crippen molar-refractivity contribution in [3.05, 3.63) is 89.0 Å². The number of aromatic nitrogens is 2. The van der Waals surface area contributed by atoms with Gasteiger partial charge in [0.25, 0.3) is 11.8 Å². The standard InChI is InChI=1S/C28H31N5O3/c1-19-8-7-11-21(14-19)15-29-27(36)28(2)17-32-18-30-23(24(32)26(35)33(28)22-12-13-22)25(34)31(3)16-20-9-5-4-6-10-20/h4-11,14,18,22H,12-13,15-17H2,1-3H3,(H,29,36). The van der Waals surface area contributed by atoms with Gasteiger partial charge in [0.2, 0.25) is 5.91 Å². The Morgan fingerprint density at radius 1 is 1.11 bits per heavy atom. The third kappa shape index (κ3) is 4.39. The second-order valence-corrected chi connectivity index (χ2v) is 10.1. The smallest absolute Gasteiger partial charge is 0.274 e. The number of aryl methyl sites for hydroxylation is 1. The molecule has 0 bridgehead atoms. The lowest BCUT2D eigenvalue weighted by Crippen LogP contribution is -2.64. The molecule has 3 aromatic rings. The highest BCUT2D eigenvalue weighted by molar-refractivity contribution is 6.07. The van der Waals surface area contributed by atoms with Crippen LogP contribution in [0.4, 0.5) is 0 Å². The molecule has 186 valence electrons. The molecule has 1 atom stereocenters. The van der Waals surface area contributed by atoms with Crippen molar-refractivity contribution in [1.29, 1.82) is 0 Å². The van der Waals surface area contributed by atoms with Crippen molar-refractivity contribution in [1.82, 2.24) is 24.7 Å². The van der Waals surface area contributed by atoms with Gasteiger partial charge in [-0.3, -0.25) is 14.4 Å². The average molecular weight is 486 g/mol. The zero-order chi connectivity index (χ0) is 25.4. The Morgan fingerprint density at radius 3 is 2.53 bits per heavy atom. The van der Waals surface area contributed by atoms with E-state index in [1.54, 1.807) is 28.3 Å². The van der Waals surface area contributed by atoms with E-state index in [4.69, 9.17) is 0 Å². The Bertz CT molecular complexity index is 1310. The summed E-state index contributed by atoms with van der Waals surface area (Å²) in [4.78, 5) is 48.2. The Hall–Kier alpha value is -3.94. The van der Waals surface area contributed by atoms with Crippen molar-refractivity contribution >= 4 is 17.7 Å². The molecule has 5 rings (SSSR count). The molecule has 8 nitrogen and oxygen atoms in total. The van der Waals surface area contributed by atoms with Crippen molar-refractivity contribution in [2.24, 2.45) is 0 Å². The third-order valence-electron chi connectivity index (χ3n) is 7.02. The van der Waals surface area contributed by atoms with Crippen LogP contribution in [0.5, 0.6) is 0 Å². The van der Waals surface area contributed by atoms with Crippen LogP contribution in [0.3, 0.4) is 0 Å². The lowest BCUT2D eigenvalue weighted by Gasteiger charge is -2.44. The topological polar surface area (TPSA) is 87.5 Å². The van der Waals surface area contributed by atoms with Crippen molar-refractivity contribution in [3.8, 4) is 0 Å². The van der Waals surface area contributed by atoms with Crippen LogP contribution < -0.4 is 5.32 Å². The summed E-state index contributed by atoms with van der Waals surface area (Å²) < 4.78 is 1.66. The molecule has 1 aliphatic carbocycles. The molecule has 0 spiro atoms. The zero-order valence-electron chi connectivity index (χ0n) is 20.9. The van der Waals surface area contributed by atoms with Gasteiger partial charge in [0.05, 0.1) is 12.9 Å². The van der Waals surface area contributed by atoms with E-state index in [-0.39, 0.29) is 41.7 Å². The highest BCUT2D eigenvalue weighted by Gasteiger charge is 2.53. The van der Waals surface area contributed by atoms with Gasteiger partial charge in [0.15, 0.2) is 5.69 Å². The summed E-state index contributed by atoms with van der Waals surface area (Å²) in [5.74, 6) is -0.840. The predicted octanol–water partition coefficient (Wildman–Crippen LogP) is 3.16. The van der Waals surface area contributed by atoms with Crippen LogP contribution in [-0.2, 0) is 24.4 Å². The van der Waals surface area contributed by atoms with E-state index in [9.17, 15) is 14.4 Å². The molecular formula is C28H31N5O3. The van der Waals surface area contributed by atoms with Crippen LogP contribution >= 0.6 is 0 Å².